The summed E-state index contributed by atoms with van der Waals surface area (Å²) < 4.78 is 0. The zero-order valence-corrected chi connectivity index (χ0v) is 8.92. The van der Waals surface area contributed by atoms with E-state index >= 15 is 0 Å². The Bertz CT molecular complexity index is 169. The molecule has 2 aliphatic rings. The highest BCUT2D eigenvalue weighted by atomic mass is 15.2. The minimum atomic E-state index is 0.724. The number of hydrogen-bond acceptors (Lipinski definition) is 2. The molecule has 0 aromatic carbocycles. The van der Waals surface area contributed by atoms with Crippen LogP contribution in [0.5, 0.6) is 0 Å². The van der Waals surface area contributed by atoms with E-state index in [-0.39, 0.29) is 0 Å². The van der Waals surface area contributed by atoms with Gasteiger partial charge in [0, 0.05) is 25.7 Å². The van der Waals surface area contributed by atoms with Crippen molar-refractivity contribution < 1.29 is 0 Å². The zero-order valence-electron chi connectivity index (χ0n) is 8.92. The summed E-state index contributed by atoms with van der Waals surface area (Å²) in [5.74, 6) is 2.03. The molecular formula is C11H22N2. The lowest BCUT2D eigenvalue weighted by Gasteiger charge is -2.19. The summed E-state index contributed by atoms with van der Waals surface area (Å²) in [5.41, 5.74) is 0. The molecule has 0 aromatic heterocycles. The van der Waals surface area contributed by atoms with Gasteiger partial charge in [-0.15, -0.1) is 0 Å². The molecule has 2 rings (SSSR count). The molecule has 2 fully saturated rings. The third-order valence-corrected chi connectivity index (χ3v) is 3.57. The predicted octanol–water partition coefficient (Wildman–Crippen LogP) is 1.33. The molecule has 3 atom stereocenters. The van der Waals surface area contributed by atoms with E-state index in [2.05, 4.69) is 24.1 Å². The minimum absolute atomic E-state index is 0.724. The van der Waals surface area contributed by atoms with Gasteiger partial charge in [0.2, 0.25) is 0 Å². The molecule has 1 saturated carbocycles. The maximum Gasteiger partial charge on any atom is 0.0107 e. The molecule has 1 saturated heterocycles. The summed E-state index contributed by atoms with van der Waals surface area (Å²) in [6.07, 6.45) is 2.79. The summed E-state index contributed by atoms with van der Waals surface area (Å²) in [5, 5.41) is 3.54. The molecule has 76 valence electrons. The molecule has 13 heavy (non-hydrogen) atoms. The van der Waals surface area contributed by atoms with Crippen LogP contribution in [0.25, 0.3) is 0 Å². The second-order valence-corrected chi connectivity index (χ2v) is 4.92. The molecule has 0 radical (unpaired) electrons. The van der Waals surface area contributed by atoms with Gasteiger partial charge in [0.25, 0.3) is 0 Å². The fraction of sp³-hybridized carbons (Fsp3) is 1.00. The molecular weight excluding hydrogens is 160 g/mol. The van der Waals surface area contributed by atoms with Crippen LogP contribution in [0, 0.1) is 11.8 Å². The first kappa shape index (κ1) is 9.47. The Balaban J connectivity index is 1.72. The van der Waals surface area contributed by atoms with Gasteiger partial charge in [-0.1, -0.05) is 6.92 Å². The molecule has 1 heterocycles. The summed E-state index contributed by atoms with van der Waals surface area (Å²) in [4.78, 5) is 2.64. The smallest absolute Gasteiger partial charge is 0.0107 e. The van der Waals surface area contributed by atoms with Crippen molar-refractivity contribution in [3.8, 4) is 0 Å². The lowest BCUT2D eigenvalue weighted by atomic mass is 10.2. The third-order valence-electron chi connectivity index (χ3n) is 3.57. The Morgan fingerprint density at radius 1 is 1.31 bits per heavy atom. The van der Waals surface area contributed by atoms with Crippen LogP contribution in [0.15, 0.2) is 0 Å². The predicted molar refractivity (Wildman–Crippen MR) is 55.8 cm³/mol. The molecule has 3 unspecified atom stereocenters. The average molecular weight is 182 g/mol. The van der Waals surface area contributed by atoms with E-state index in [1.165, 1.54) is 39.0 Å². The van der Waals surface area contributed by atoms with E-state index in [9.17, 15) is 0 Å². The highest BCUT2D eigenvalue weighted by molar-refractivity contribution is 4.86. The normalized spacial score (nSPS) is 41.5. The summed E-state index contributed by atoms with van der Waals surface area (Å²) in [6, 6.07) is 0.724. The van der Waals surface area contributed by atoms with Gasteiger partial charge in [-0.25, -0.2) is 0 Å². The lowest BCUT2D eigenvalue weighted by molar-refractivity contribution is 0.274. The molecule has 1 aliphatic heterocycles. The molecule has 0 bridgehead atoms. The van der Waals surface area contributed by atoms with Crippen molar-refractivity contribution in [2.75, 3.05) is 26.2 Å². The summed E-state index contributed by atoms with van der Waals surface area (Å²) >= 11 is 0. The van der Waals surface area contributed by atoms with E-state index in [0.29, 0.717) is 0 Å². The maximum atomic E-state index is 3.54. The van der Waals surface area contributed by atoms with E-state index in [1.807, 2.05) is 0 Å². The summed E-state index contributed by atoms with van der Waals surface area (Å²) in [7, 11) is 0. The van der Waals surface area contributed by atoms with Crippen molar-refractivity contribution in [2.24, 2.45) is 11.8 Å². The fourth-order valence-corrected chi connectivity index (χ4v) is 2.23. The van der Waals surface area contributed by atoms with E-state index in [4.69, 9.17) is 0 Å². The first-order chi connectivity index (χ1) is 6.25. The number of rotatable bonds is 2. The topological polar surface area (TPSA) is 15.3 Å². The largest absolute Gasteiger partial charge is 0.313 e. The van der Waals surface area contributed by atoms with Crippen LogP contribution in [-0.4, -0.2) is 37.1 Å². The SMILES string of the molecule is CC1CCN(CC2CC2C)CCN1. The molecule has 1 aliphatic carbocycles. The lowest BCUT2D eigenvalue weighted by Crippen LogP contribution is -2.30. The zero-order chi connectivity index (χ0) is 9.26. The molecule has 2 nitrogen and oxygen atoms in total. The van der Waals surface area contributed by atoms with Gasteiger partial charge in [0.15, 0.2) is 0 Å². The molecule has 0 amide bonds. The quantitative estimate of drug-likeness (QED) is 0.693. The second kappa shape index (κ2) is 3.97. The van der Waals surface area contributed by atoms with Gasteiger partial charge < -0.3 is 10.2 Å². The van der Waals surface area contributed by atoms with Gasteiger partial charge in [-0.05, 0) is 38.1 Å². The van der Waals surface area contributed by atoms with Crippen LogP contribution in [0.4, 0.5) is 0 Å². The van der Waals surface area contributed by atoms with Crippen molar-refractivity contribution in [2.45, 2.75) is 32.7 Å². The van der Waals surface area contributed by atoms with Crippen molar-refractivity contribution in [3.05, 3.63) is 0 Å². The van der Waals surface area contributed by atoms with Crippen molar-refractivity contribution in [1.82, 2.24) is 10.2 Å². The number of nitrogens with one attached hydrogen (secondary N) is 1. The van der Waals surface area contributed by atoms with Crippen molar-refractivity contribution in [1.29, 1.82) is 0 Å². The van der Waals surface area contributed by atoms with Crippen LogP contribution >= 0.6 is 0 Å². The van der Waals surface area contributed by atoms with Gasteiger partial charge in [-0.3, -0.25) is 0 Å². The molecule has 1 N–H and O–H groups in total. The van der Waals surface area contributed by atoms with E-state index in [1.54, 1.807) is 0 Å². The standard InChI is InChI=1S/C11H22N2/c1-9-7-11(9)8-13-5-3-10(2)12-4-6-13/h9-12H,3-8H2,1-2H3. The summed E-state index contributed by atoms with van der Waals surface area (Å²) in [6.45, 7) is 9.77. The van der Waals surface area contributed by atoms with Gasteiger partial charge in [-0.2, -0.15) is 0 Å². The number of hydrogen-bond donors (Lipinski definition) is 1. The Hall–Kier alpha value is -0.0800. The maximum absolute atomic E-state index is 3.54. The first-order valence-electron chi connectivity index (χ1n) is 5.71. The highest BCUT2D eigenvalue weighted by Crippen LogP contribution is 2.38. The minimum Gasteiger partial charge on any atom is -0.313 e. The number of nitrogens with zero attached hydrogens (tertiary/aromatic N) is 1. The molecule has 0 spiro atoms. The van der Waals surface area contributed by atoms with Crippen LogP contribution in [0.2, 0.25) is 0 Å². The van der Waals surface area contributed by atoms with Crippen LogP contribution in [0.3, 0.4) is 0 Å². The van der Waals surface area contributed by atoms with Crippen molar-refractivity contribution >= 4 is 0 Å². The monoisotopic (exact) mass is 182 g/mol. The van der Waals surface area contributed by atoms with Gasteiger partial charge >= 0.3 is 0 Å². The third kappa shape index (κ3) is 2.68. The Kier molecular flexibility index (Phi) is 2.89. The van der Waals surface area contributed by atoms with Gasteiger partial charge in [0.1, 0.15) is 0 Å². The van der Waals surface area contributed by atoms with E-state index < -0.39 is 0 Å². The highest BCUT2D eigenvalue weighted by Gasteiger charge is 2.33. The van der Waals surface area contributed by atoms with Crippen LogP contribution < -0.4 is 5.32 Å². The Morgan fingerprint density at radius 2 is 2.08 bits per heavy atom. The van der Waals surface area contributed by atoms with E-state index in [0.717, 1.165) is 17.9 Å². The first-order valence-corrected chi connectivity index (χ1v) is 5.71. The fourth-order valence-electron chi connectivity index (χ4n) is 2.23. The van der Waals surface area contributed by atoms with Gasteiger partial charge in [0.05, 0.1) is 0 Å². The Morgan fingerprint density at radius 3 is 2.77 bits per heavy atom. The van der Waals surface area contributed by atoms with Crippen LogP contribution in [-0.2, 0) is 0 Å². The van der Waals surface area contributed by atoms with Crippen molar-refractivity contribution in [3.63, 3.8) is 0 Å². The second-order valence-electron chi connectivity index (χ2n) is 4.92. The molecule has 2 heteroatoms. The van der Waals surface area contributed by atoms with Crippen LogP contribution in [0.1, 0.15) is 26.7 Å². The molecule has 0 aromatic rings. The average Bonchev–Trinajstić information content (AvgIpc) is 2.80. The Labute approximate surface area is 81.7 Å².